The average molecular weight is 462 g/mol. The number of aryl methyl sites for hydroxylation is 1. The Kier molecular flexibility index (Phi) is 5.29. The van der Waals surface area contributed by atoms with Gasteiger partial charge in [0.15, 0.2) is 0 Å². The van der Waals surface area contributed by atoms with Gasteiger partial charge in [-0.05, 0) is 65.3 Å². The molecule has 174 valence electrons. The topological polar surface area (TPSA) is 58.6 Å². The van der Waals surface area contributed by atoms with Crippen LogP contribution in [0.4, 0.5) is 5.69 Å². The van der Waals surface area contributed by atoms with Crippen molar-refractivity contribution in [1.29, 1.82) is 0 Å². The second kappa shape index (κ2) is 8.62. The molecule has 0 radical (unpaired) electrons. The van der Waals surface area contributed by atoms with Crippen LogP contribution in [-0.2, 0) is 13.0 Å². The van der Waals surface area contributed by atoms with Gasteiger partial charge in [0.2, 0.25) is 0 Å². The van der Waals surface area contributed by atoms with Crippen LogP contribution in [-0.4, -0.2) is 11.1 Å². The minimum Gasteiger partial charge on any atom is -0.489 e. The summed E-state index contributed by atoms with van der Waals surface area (Å²) in [5, 5.41) is 13.5. The Bertz CT molecular complexity index is 1390. The average Bonchev–Trinajstić information content (AvgIpc) is 3.28. The minimum absolute atomic E-state index is 0.00606. The highest BCUT2D eigenvalue weighted by Gasteiger charge is 2.44. The fourth-order valence-electron chi connectivity index (χ4n) is 5.72. The molecule has 4 aromatic carbocycles. The highest BCUT2D eigenvalue weighted by Crippen LogP contribution is 2.54. The van der Waals surface area contributed by atoms with Crippen molar-refractivity contribution in [3.05, 3.63) is 130 Å². The molecule has 35 heavy (non-hydrogen) atoms. The number of para-hydroxylation sites is 1. The van der Waals surface area contributed by atoms with Gasteiger partial charge in [-0.25, -0.2) is 4.79 Å². The van der Waals surface area contributed by atoms with Gasteiger partial charge in [-0.1, -0.05) is 78.4 Å². The molecule has 4 aromatic rings. The maximum Gasteiger partial charge on any atom is 0.337 e. The predicted octanol–water partition coefficient (Wildman–Crippen LogP) is 6.74. The van der Waals surface area contributed by atoms with Crippen LogP contribution in [0.5, 0.6) is 5.75 Å². The third-order valence-electron chi connectivity index (χ3n) is 7.43. The predicted molar refractivity (Wildman–Crippen MR) is 137 cm³/mol. The van der Waals surface area contributed by atoms with E-state index in [1.165, 1.54) is 16.7 Å². The Morgan fingerprint density at radius 3 is 2.43 bits per heavy atom. The molecule has 1 aliphatic heterocycles. The Morgan fingerprint density at radius 1 is 0.914 bits per heavy atom. The molecule has 0 saturated heterocycles. The normalized spacial score (nSPS) is 19.7. The molecule has 0 saturated carbocycles. The van der Waals surface area contributed by atoms with Crippen molar-refractivity contribution >= 4 is 11.7 Å². The van der Waals surface area contributed by atoms with E-state index in [1.54, 1.807) is 6.07 Å². The molecule has 1 heterocycles. The first-order chi connectivity index (χ1) is 17.1. The van der Waals surface area contributed by atoms with Crippen LogP contribution in [0.25, 0.3) is 0 Å². The Labute approximate surface area is 205 Å². The van der Waals surface area contributed by atoms with Gasteiger partial charge in [0.05, 0.1) is 17.3 Å². The first kappa shape index (κ1) is 21.5. The van der Waals surface area contributed by atoms with Crippen molar-refractivity contribution < 1.29 is 14.6 Å². The lowest BCUT2D eigenvalue weighted by atomic mass is 9.75. The van der Waals surface area contributed by atoms with E-state index in [1.807, 2.05) is 18.2 Å². The maximum absolute atomic E-state index is 12.0. The summed E-state index contributed by atoms with van der Waals surface area (Å²) in [5.41, 5.74) is 8.31. The number of carboxylic acid groups (broad SMARTS) is 1. The smallest absolute Gasteiger partial charge is 0.337 e. The zero-order valence-electron chi connectivity index (χ0n) is 19.6. The number of ether oxygens (including phenoxy) is 1. The summed E-state index contributed by atoms with van der Waals surface area (Å²) in [4.78, 5) is 12.0. The van der Waals surface area contributed by atoms with E-state index in [2.05, 4.69) is 79.0 Å². The van der Waals surface area contributed by atoms with Crippen LogP contribution >= 0.6 is 0 Å². The molecule has 3 atom stereocenters. The van der Waals surface area contributed by atoms with Crippen LogP contribution in [0, 0.1) is 12.8 Å². The molecular formula is C31H27NO3. The monoisotopic (exact) mass is 461 g/mol. The van der Waals surface area contributed by atoms with Gasteiger partial charge in [-0.2, -0.15) is 0 Å². The van der Waals surface area contributed by atoms with Crippen LogP contribution in [0.1, 0.15) is 55.7 Å². The summed E-state index contributed by atoms with van der Waals surface area (Å²) in [6.07, 6.45) is 0.959. The van der Waals surface area contributed by atoms with Gasteiger partial charge < -0.3 is 15.2 Å². The Balaban J connectivity index is 1.32. The molecule has 0 aromatic heterocycles. The van der Waals surface area contributed by atoms with E-state index >= 15 is 0 Å². The summed E-state index contributed by atoms with van der Waals surface area (Å²) < 4.78 is 6.02. The number of carbonyl (C=O) groups is 1. The maximum atomic E-state index is 12.0. The molecule has 2 N–H and O–H groups in total. The van der Waals surface area contributed by atoms with Crippen LogP contribution in [0.3, 0.4) is 0 Å². The molecule has 4 nitrogen and oxygen atoms in total. The fourth-order valence-corrected chi connectivity index (χ4v) is 5.72. The van der Waals surface area contributed by atoms with Crippen molar-refractivity contribution in [2.24, 2.45) is 5.92 Å². The van der Waals surface area contributed by atoms with Crippen molar-refractivity contribution in [3.8, 4) is 5.75 Å². The second-order valence-electron chi connectivity index (χ2n) is 9.58. The van der Waals surface area contributed by atoms with Gasteiger partial charge >= 0.3 is 5.97 Å². The minimum atomic E-state index is -0.905. The summed E-state index contributed by atoms with van der Waals surface area (Å²) in [6.45, 7) is 2.60. The first-order valence-corrected chi connectivity index (χ1v) is 12.1. The zero-order chi connectivity index (χ0) is 23.9. The first-order valence-electron chi connectivity index (χ1n) is 12.1. The highest BCUT2D eigenvalue weighted by molar-refractivity contribution is 5.96. The molecule has 0 amide bonds. The summed E-state index contributed by atoms with van der Waals surface area (Å²) in [7, 11) is 0. The second-order valence-corrected chi connectivity index (χ2v) is 9.58. The van der Waals surface area contributed by atoms with Crippen molar-refractivity contribution in [1.82, 2.24) is 0 Å². The quantitative estimate of drug-likeness (QED) is 0.345. The number of nitrogens with one attached hydrogen (secondary N) is 1. The molecule has 0 bridgehead atoms. The van der Waals surface area contributed by atoms with E-state index in [0.29, 0.717) is 18.1 Å². The van der Waals surface area contributed by atoms with E-state index < -0.39 is 5.97 Å². The standard InChI is InChI=1S/C31H27NO3/c1-19-9-11-20(12-10-19)18-35-23-15-13-21(14-16-23)29-27-17-22-5-2-3-6-24(22)28(27)25-7-4-8-26(31(33)34)30(25)32-29/h2-16,27-29,32H,17-18H2,1H3,(H,33,34)/t27-,28+,29+/m1/s1. The number of anilines is 1. The van der Waals surface area contributed by atoms with Crippen LogP contribution in [0.15, 0.2) is 91.0 Å². The SMILES string of the molecule is Cc1ccc(COc2ccc([C@@H]3Nc4c(C(=O)O)cccc4[C@@H]4c5ccccc5C[C@H]43)cc2)cc1. The van der Waals surface area contributed by atoms with Crippen molar-refractivity contribution in [2.75, 3.05) is 5.32 Å². The number of carboxylic acids is 1. The van der Waals surface area contributed by atoms with E-state index in [0.717, 1.165) is 34.5 Å². The number of hydrogen-bond donors (Lipinski definition) is 2. The summed E-state index contributed by atoms with van der Waals surface area (Å²) in [6, 6.07) is 30.8. The van der Waals surface area contributed by atoms with E-state index in [-0.39, 0.29) is 12.0 Å². The molecule has 1 aliphatic carbocycles. The van der Waals surface area contributed by atoms with Crippen LogP contribution < -0.4 is 10.1 Å². The molecule has 0 spiro atoms. The lowest BCUT2D eigenvalue weighted by molar-refractivity contribution is 0.0697. The van der Waals surface area contributed by atoms with Gasteiger partial charge in [0.25, 0.3) is 0 Å². The van der Waals surface area contributed by atoms with E-state index in [9.17, 15) is 9.90 Å². The molecule has 2 aliphatic rings. The fraction of sp³-hybridized carbons (Fsp3) is 0.194. The number of hydrogen-bond acceptors (Lipinski definition) is 3. The molecule has 6 rings (SSSR count). The van der Waals surface area contributed by atoms with Crippen molar-refractivity contribution in [2.45, 2.75) is 31.9 Å². The third-order valence-corrected chi connectivity index (χ3v) is 7.43. The van der Waals surface area contributed by atoms with E-state index in [4.69, 9.17) is 4.74 Å². The summed E-state index contributed by atoms with van der Waals surface area (Å²) >= 11 is 0. The Hall–Kier alpha value is -4.05. The lowest BCUT2D eigenvalue weighted by Crippen LogP contribution is -2.31. The van der Waals surface area contributed by atoms with Gasteiger partial charge in [0.1, 0.15) is 12.4 Å². The third kappa shape index (κ3) is 3.85. The highest BCUT2D eigenvalue weighted by atomic mass is 16.5. The summed E-state index contributed by atoms with van der Waals surface area (Å²) in [5.74, 6) is 0.396. The Morgan fingerprint density at radius 2 is 1.66 bits per heavy atom. The largest absolute Gasteiger partial charge is 0.489 e. The van der Waals surface area contributed by atoms with Crippen LogP contribution in [0.2, 0.25) is 0 Å². The lowest BCUT2D eigenvalue weighted by Gasteiger charge is -2.38. The molecule has 0 fully saturated rings. The molecule has 4 heteroatoms. The van der Waals surface area contributed by atoms with Gasteiger partial charge in [-0.15, -0.1) is 0 Å². The van der Waals surface area contributed by atoms with Gasteiger partial charge in [-0.3, -0.25) is 0 Å². The number of benzene rings is 4. The number of rotatable bonds is 5. The molecule has 0 unspecified atom stereocenters. The number of aromatic carboxylic acids is 1. The molecular weight excluding hydrogens is 434 g/mol. The zero-order valence-corrected chi connectivity index (χ0v) is 19.6. The van der Waals surface area contributed by atoms with Gasteiger partial charge in [0, 0.05) is 5.92 Å². The number of fused-ring (bicyclic) bond motifs is 5. The van der Waals surface area contributed by atoms with Crippen molar-refractivity contribution in [3.63, 3.8) is 0 Å².